The van der Waals surface area contributed by atoms with Crippen LogP contribution in [0, 0.1) is 0 Å². The van der Waals surface area contributed by atoms with Gasteiger partial charge in [-0.15, -0.1) is 10.2 Å². The van der Waals surface area contributed by atoms with Crippen LogP contribution in [0.4, 0.5) is 5.82 Å². The topological polar surface area (TPSA) is 67.8 Å². The van der Waals surface area contributed by atoms with E-state index in [1.54, 1.807) is 0 Å². The van der Waals surface area contributed by atoms with Crippen LogP contribution in [0.5, 0.6) is 5.88 Å². The molecule has 7 heteroatoms. The second-order valence-corrected chi connectivity index (χ2v) is 7.23. The van der Waals surface area contributed by atoms with Crippen molar-refractivity contribution in [3.8, 4) is 5.88 Å². The van der Waals surface area contributed by atoms with Gasteiger partial charge in [-0.3, -0.25) is 9.69 Å². The number of ether oxygens (including phenoxy) is 2. The van der Waals surface area contributed by atoms with Crippen LogP contribution in [0.25, 0.3) is 0 Å². The number of aromatic nitrogens is 2. The molecule has 0 radical (unpaired) electrons. The van der Waals surface area contributed by atoms with Gasteiger partial charge in [0.15, 0.2) is 5.82 Å². The zero-order valence-corrected chi connectivity index (χ0v) is 17.6. The van der Waals surface area contributed by atoms with Crippen LogP contribution in [0.15, 0.2) is 12.1 Å². The molecule has 0 bridgehead atoms. The van der Waals surface area contributed by atoms with E-state index in [1.807, 2.05) is 19.1 Å². The normalized spacial score (nSPS) is 14.9. The molecule has 0 aromatic carbocycles. The lowest BCUT2D eigenvalue weighted by Gasteiger charge is -2.34. The first-order chi connectivity index (χ1) is 13.7. The van der Waals surface area contributed by atoms with Gasteiger partial charge < -0.3 is 14.4 Å². The standard InChI is InChI=1S/C21H36N4O3/c1-3-5-6-7-8-9-18-28-20-11-10-19(22-23-20)25-16-14-24(15-17-25)13-12-21(26)27-4-2/h10-11H,3-9,12-18H2,1-2H3. The highest BCUT2D eigenvalue weighted by molar-refractivity contribution is 5.69. The molecule has 2 rings (SSSR count). The van der Waals surface area contributed by atoms with E-state index in [0.717, 1.165) is 45.0 Å². The molecule has 2 heterocycles. The fourth-order valence-electron chi connectivity index (χ4n) is 3.30. The fourth-order valence-corrected chi connectivity index (χ4v) is 3.30. The van der Waals surface area contributed by atoms with E-state index in [2.05, 4.69) is 26.9 Å². The number of carbonyl (C=O) groups excluding carboxylic acids is 1. The van der Waals surface area contributed by atoms with Crippen LogP contribution in [0.1, 0.15) is 58.8 Å². The molecule has 0 spiro atoms. The highest BCUT2D eigenvalue weighted by atomic mass is 16.5. The summed E-state index contributed by atoms with van der Waals surface area (Å²) < 4.78 is 10.7. The van der Waals surface area contributed by atoms with E-state index in [0.29, 0.717) is 25.5 Å². The first kappa shape index (κ1) is 22.4. The smallest absolute Gasteiger partial charge is 0.307 e. The second-order valence-electron chi connectivity index (χ2n) is 7.23. The Labute approximate surface area is 169 Å². The van der Waals surface area contributed by atoms with E-state index in [9.17, 15) is 4.79 Å². The molecule has 1 fully saturated rings. The molecule has 1 aromatic heterocycles. The molecule has 0 saturated carbocycles. The molecule has 0 N–H and O–H groups in total. The minimum absolute atomic E-state index is 0.118. The highest BCUT2D eigenvalue weighted by Crippen LogP contribution is 2.16. The number of unbranched alkanes of at least 4 members (excludes halogenated alkanes) is 5. The maximum Gasteiger partial charge on any atom is 0.307 e. The minimum atomic E-state index is -0.118. The summed E-state index contributed by atoms with van der Waals surface area (Å²) >= 11 is 0. The van der Waals surface area contributed by atoms with Crippen LogP contribution in [-0.4, -0.2) is 67.0 Å². The molecular formula is C21H36N4O3. The van der Waals surface area contributed by atoms with Crippen LogP contribution in [0.3, 0.4) is 0 Å². The van der Waals surface area contributed by atoms with E-state index in [4.69, 9.17) is 9.47 Å². The van der Waals surface area contributed by atoms with E-state index < -0.39 is 0 Å². The van der Waals surface area contributed by atoms with E-state index in [-0.39, 0.29) is 5.97 Å². The average molecular weight is 393 g/mol. The largest absolute Gasteiger partial charge is 0.477 e. The Morgan fingerprint density at radius 3 is 2.43 bits per heavy atom. The Morgan fingerprint density at radius 1 is 1.00 bits per heavy atom. The predicted molar refractivity (Wildman–Crippen MR) is 111 cm³/mol. The van der Waals surface area contributed by atoms with Gasteiger partial charge in [0.25, 0.3) is 0 Å². The Kier molecular flexibility index (Phi) is 10.7. The minimum Gasteiger partial charge on any atom is -0.477 e. The van der Waals surface area contributed by atoms with Crippen molar-refractivity contribution in [1.29, 1.82) is 0 Å². The molecule has 1 aliphatic rings. The number of hydrogen-bond acceptors (Lipinski definition) is 7. The Balaban J connectivity index is 1.62. The van der Waals surface area contributed by atoms with E-state index >= 15 is 0 Å². The zero-order valence-electron chi connectivity index (χ0n) is 17.6. The number of nitrogens with zero attached hydrogens (tertiary/aromatic N) is 4. The van der Waals surface area contributed by atoms with Crippen molar-refractivity contribution >= 4 is 11.8 Å². The van der Waals surface area contributed by atoms with Crippen molar-refractivity contribution in [2.45, 2.75) is 58.8 Å². The summed E-state index contributed by atoms with van der Waals surface area (Å²) in [6, 6.07) is 3.89. The Bertz CT molecular complexity index is 545. The summed E-state index contributed by atoms with van der Waals surface area (Å²) in [5.41, 5.74) is 0. The molecule has 0 amide bonds. The number of hydrogen-bond donors (Lipinski definition) is 0. The van der Waals surface area contributed by atoms with Gasteiger partial charge >= 0.3 is 5.97 Å². The zero-order chi connectivity index (χ0) is 20.0. The van der Waals surface area contributed by atoms with Crippen molar-refractivity contribution in [2.24, 2.45) is 0 Å². The molecule has 158 valence electrons. The van der Waals surface area contributed by atoms with Gasteiger partial charge in [-0.1, -0.05) is 39.0 Å². The summed E-state index contributed by atoms with van der Waals surface area (Å²) in [7, 11) is 0. The summed E-state index contributed by atoms with van der Waals surface area (Å²) in [6.45, 7) is 9.58. The lowest BCUT2D eigenvalue weighted by atomic mass is 10.1. The van der Waals surface area contributed by atoms with Crippen molar-refractivity contribution in [3.63, 3.8) is 0 Å². The molecule has 28 heavy (non-hydrogen) atoms. The van der Waals surface area contributed by atoms with Gasteiger partial charge in [-0.25, -0.2) is 0 Å². The Hall–Kier alpha value is -1.89. The lowest BCUT2D eigenvalue weighted by Crippen LogP contribution is -2.47. The molecular weight excluding hydrogens is 356 g/mol. The quantitative estimate of drug-likeness (QED) is 0.377. The molecule has 0 atom stereocenters. The third-order valence-corrected chi connectivity index (χ3v) is 5.01. The summed E-state index contributed by atoms with van der Waals surface area (Å²) in [6.07, 6.45) is 7.95. The maximum absolute atomic E-state index is 11.5. The van der Waals surface area contributed by atoms with Gasteiger partial charge in [-0.2, -0.15) is 0 Å². The molecule has 1 aromatic rings. The van der Waals surface area contributed by atoms with Gasteiger partial charge in [-0.05, 0) is 19.4 Å². The molecule has 7 nitrogen and oxygen atoms in total. The first-order valence-corrected chi connectivity index (χ1v) is 10.8. The number of anilines is 1. The third-order valence-electron chi connectivity index (χ3n) is 5.01. The number of carbonyl (C=O) groups is 1. The van der Waals surface area contributed by atoms with Crippen molar-refractivity contribution in [3.05, 3.63) is 12.1 Å². The van der Waals surface area contributed by atoms with Crippen LogP contribution >= 0.6 is 0 Å². The molecule has 0 unspecified atom stereocenters. The van der Waals surface area contributed by atoms with Gasteiger partial charge in [0, 0.05) is 38.8 Å². The summed E-state index contributed by atoms with van der Waals surface area (Å²) in [5, 5.41) is 8.54. The number of rotatable bonds is 13. The maximum atomic E-state index is 11.5. The highest BCUT2D eigenvalue weighted by Gasteiger charge is 2.19. The Morgan fingerprint density at radius 2 is 1.75 bits per heavy atom. The molecule has 0 aliphatic carbocycles. The van der Waals surface area contributed by atoms with Crippen molar-refractivity contribution in [2.75, 3.05) is 50.8 Å². The summed E-state index contributed by atoms with van der Waals surface area (Å²) in [5.74, 6) is 1.37. The SMILES string of the molecule is CCCCCCCCOc1ccc(N2CCN(CCC(=O)OCC)CC2)nn1. The monoisotopic (exact) mass is 392 g/mol. The predicted octanol–water partition coefficient (Wildman–Crippen LogP) is 3.29. The number of esters is 1. The third kappa shape index (κ3) is 8.42. The second kappa shape index (κ2) is 13.3. The van der Waals surface area contributed by atoms with Gasteiger partial charge in [0.1, 0.15) is 0 Å². The molecule has 1 saturated heterocycles. The average Bonchev–Trinajstić information content (AvgIpc) is 2.73. The number of piperazine rings is 1. The fraction of sp³-hybridized carbons (Fsp3) is 0.762. The van der Waals surface area contributed by atoms with Crippen LogP contribution < -0.4 is 9.64 Å². The van der Waals surface area contributed by atoms with Crippen LogP contribution in [0.2, 0.25) is 0 Å². The summed E-state index contributed by atoms with van der Waals surface area (Å²) in [4.78, 5) is 16.0. The lowest BCUT2D eigenvalue weighted by molar-refractivity contribution is -0.143. The van der Waals surface area contributed by atoms with E-state index in [1.165, 1.54) is 32.1 Å². The van der Waals surface area contributed by atoms with Gasteiger partial charge in [0.2, 0.25) is 5.88 Å². The van der Waals surface area contributed by atoms with Gasteiger partial charge in [0.05, 0.1) is 19.6 Å². The first-order valence-electron chi connectivity index (χ1n) is 10.8. The van der Waals surface area contributed by atoms with Crippen molar-refractivity contribution < 1.29 is 14.3 Å². The molecule has 1 aliphatic heterocycles. The van der Waals surface area contributed by atoms with Crippen molar-refractivity contribution in [1.82, 2.24) is 15.1 Å². The van der Waals surface area contributed by atoms with Crippen LogP contribution in [-0.2, 0) is 9.53 Å².